The molecule has 1 aromatic carbocycles. The molecule has 1 aliphatic heterocycles. The van der Waals surface area contributed by atoms with E-state index in [-0.39, 0.29) is 5.91 Å². The first kappa shape index (κ1) is 16.0. The third kappa shape index (κ3) is 5.16. The maximum atomic E-state index is 12.1. The third-order valence-electron chi connectivity index (χ3n) is 4.30. The van der Waals surface area contributed by atoms with Crippen molar-refractivity contribution in [2.24, 2.45) is 5.92 Å². The highest BCUT2D eigenvalue weighted by atomic mass is 16.1. The highest BCUT2D eigenvalue weighted by molar-refractivity contribution is 5.94. The lowest BCUT2D eigenvalue weighted by Gasteiger charge is -2.30. The quantitative estimate of drug-likeness (QED) is 0.844. The molecular formula is C18H28N2O. The van der Waals surface area contributed by atoms with Crippen LogP contribution in [-0.2, 0) is 0 Å². The molecule has 0 spiro atoms. The number of carbonyl (C=O) groups excluding carboxylic acids is 1. The SMILES string of the molecule is Cc1cc(C)cc(C(=O)NCCCN2CCC(C)CC2)c1. The Kier molecular flexibility index (Phi) is 5.80. The van der Waals surface area contributed by atoms with Gasteiger partial charge in [-0.05, 0) is 70.8 Å². The molecule has 0 radical (unpaired) electrons. The third-order valence-corrected chi connectivity index (χ3v) is 4.30. The number of hydrogen-bond acceptors (Lipinski definition) is 2. The summed E-state index contributed by atoms with van der Waals surface area (Å²) in [6.45, 7) is 10.7. The van der Waals surface area contributed by atoms with E-state index in [0.29, 0.717) is 0 Å². The zero-order valence-corrected chi connectivity index (χ0v) is 13.6. The molecule has 1 amide bonds. The monoisotopic (exact) mass is 288 g/mol. The Balaban J connectivity index is 1.69. The van der Waals surface area contributed by atoms with Gasteiger partial charge in [-0.2, -0.15) is 0 Å². The van der Waals surface area contributed by atoms with Crippen LogP contribution >= 0.6 is 0 Å². The number of hydrogen-bond donors (Lipinski definition) is 1. The normalized spacial score (nSPS) is 16.9. The van der Waals surface area contributed by atoms with Crippen molar-refractivity contribution < 1.29 is 4.79 Å². The number of nitrogens with one attached hydrogen (secondary N) is 1. The van der Waals surface area contributed by atoms with Gasteiger partial charge in [0, 0.05) is 12.1 Å². The van der Waals surface area contributed by atoms with Crippen LogP contribution in [0.4, 0.5) is 0 Å². The Labute approximate surface area is 128 Å². The van der Waals surface area contributed by atoms with Gasteiger partial charge in [-0.3, -0.25) is 4.79 Å². The lowest BCUT2D eigenvalue weighted by molar-refractivity contribution is 0.0950. The topological polar surface area (TPSA) is 32.3 Å². The number of amides is 1. The zero-order chi connectivity index (χ0) is 15.2. The van der Waals surface area contributed by atoms with E-state index in [0.717, 1.165) is 42.1 Å². The van der Waals surface area contributed by atoms with Crippen molar-refractivity contribution in [1.29, 1.82) is 0 Å². The van der Waals surface area contributed by atoms with Gasteiger partial charge in [-0.15, -0.1) is 0 Å². The van der Waals surface area contributed by atoms with Crippen LogP contribution in [0.5, 0.6) is 0 Å². The zero-order valence-electron chi connectivity index (χ0n) is 13.6. The van der Waals surface area contributed by atoms with Crippen molar-refractivity contribution in [3.63, 3.8) is 0 Å². The van der Waals surface area contributed by atoms with Gasteiger partial charge in [0.05, 0.1) is 0 Å². The molecule has 3 heteroatoms. The van der Waals surface area contributed by atoms with Crippen molar-refractivity contribution >= 4 is 5.91 Å². The molecule has 21 heavy (non-hydrogen) atoms. The summed E-state index contributed by atoms with van der Waals surface area (Å²) in [6.07, 6.45) is 3.66. The van der Waals surface area contributed by atoms with E-state index in [1.165, 1.54) is 25.9 Å². The molecule has 0 unspecified atom stereocenters. The molecule has 1 aliphatic rings. The highest BCUT2D eigenvalue weighted by Gasteiger charge is 2.15. The van der Waals surface area contributed by atoms with Crippen molar-refractivity contribution in [2.75, 3.05) is 26.2 Å². The molecule has 0 bridgehead atoms. The van der Waals surface area contributed by atoms with Crippen LogP contribution in [0, 0.1) is 19.8 Å². The number of rotatable bonds is 5. The molecule has 1 aromatic rings. The fourth-order valence-electron chi connectivity index (χ4n) is 3.00. The van der Waals surface area contributed by atoms with Crippen LogP contribution < -0.4 is 5.32 Å². The minimum absolute atomic E-state index is 0.0501. The maximum absolute atomic E-state index is 12.1. The van der Waals surface area contributed by atoms with Gasteiger partial charge in [-0.25, -0.2) is 0 Å². The molecule has 0 saturated carbocycles. The predicted molar refractivity (Wildman–Crippen MR) is 87.7 cm³/mol. The smallest absolute Gasteiger partial charge is 0.251 e. The Morgan fingerprint density at radius 3 is 2.43 bits per heavy atom. The van der Waals surface area contributed by atoms with Gasteiger partial charge < -0.3 is 10.2 Å². The second kappa shape index (κ2) is 7.60. The van der Waals surface area contributed by atoms with Crippen LogP contribution in [0.25, 0.3) is 0 Å². The molecule has 1 fully saturated rings. The fourth-order valence-corrected chi connectivity index (χ4v) is 3.00. The van der Waals surface area contributed by atoms with Crippen LogP contribution in [0.15, 0.2) is 18.2 Å². The summed E-state index contributed by atoms with van der Waals surface area (Å²) in [5, 5.41) is 3.04. The Bertz CT molecular complexity index is 456. The van der Waals surface area contributed by atoms with Gasteiger partial charge in [0.15, 0.2) is 0 Å². The number of carbonyl (C=O) groups is 1. The Morgan fingerprint density at radius 1 is 1.19 bits per heavy atom. The van der Waals surface area contributed by atoms with Crippen molar-refractivity contribution in [2.45, 2.75) is 40.0 Å². The van der Waals surface area contributed by atoms with Crippen LogP contribution in [0.1, 0.15) is 47.7 Å². The second-order valence-electron chi connectivity index (χ2n) is 6.51. The van der Waals surface area contributed by atoms with Gasteiger partial charge in [0.1, 0.15) is 0 Å². The molecule has 0 aliphatic carbocycles. The van der Waals surface area contributed by atoms with E-state index < -0.39 is 0 Å². The summed E-state index contributed by atoms with van der Waals surface area (Å²) in [7, 11) is 0. The Morgan fingerprint density at radius 2 is 1.81 bits per heavy atom. The lowest BCUT2D eigenvalue weighted by Crippen LogP contribution is -2.35. The molecular weight excluding hydrogens is 260 g/mol. The van der Waals surface area contributed by atoms with Gasteiger partial charge in [-0.1, -0.05) is 24.1 Å². The minimum atomic E-state index is 0.0501. The summed E-state index contributed by atoms with van der Waals surface area (Å²) < 4.78 is 0. The second-order valence-corrected chi connectivity index (χ2v) is 6.51. The number of likely N-dealkylation sites (tertiary alicyclic amines) is 1. The molecule has 116 valence electrons. The minimum Gasteiger partial charge on any atom is -0.352 e. The fraction of sp³-hybridized carbons (Fsp3) is 0.611. The maximum Gasteiger partial charge on any atom is 0.251 e. The lowest BCUT2D eigenvalue weighted by atomic mass is 9.99. The standard InChI is InChI=1S/C18H28N2O/c1-14-5-9-20(10-6-14)8-4-7-19-18(21)17-12-15(2)11-16(3)13-17/h11-14H,4-10H2,1-3H3,(H,19,21). The largest absolute Gasteiger partial charge is 0.352 e. The predicted octanol–water partition coefficient (Wildman–Crippen LogP) is 3.16. The summed E-state index contributed by atoms with van der Waals surface area (Å²) in [6, 6.07) is 6.00. The molecule has 1 heterocycles. The van der Waals surface area contributed by atoms with Crippen LogP contribution in [-0.4, -0.2) is 37.0 Å². The van der Waals surface area contributed by atoms with E-state index in [2.05, 4.69) is 23.2 Å². The molecule has 3 nitrogen and oxygen atoms in total. The van der Waals surface area contributed by atoms with E-state index in [1.54, 1.807) is 0 Å². The van der Waals surface area contributed by atoms with Crippen molar-refractivity contribution in [3.05, 3.63) is 34.9 Å². The molecule has 0 atom stereocenters. The first-order valence-corrected chi connectivity index (χ1v) is 8.13. The summed E-state index contributed by atoms with van der Waals surface area (Å²) in [5.41, 5.74) is 3.06. The average Bonchev–Trinajstić information content (AvgIpc) is 2.44. The van der Waals surface area contributed by atoms with Crippen molar-refractivity contribution in [1.82, 2.24) is 10.2 Å². The van der Waals surface area contributed by atoms with E-state index >= 15 is 0 Å². The van der Waals surface area contributed by atoms with Gasteiger partial charge in [0.2, 0.25) is 0 Å². The summed E-state index contributed by atoms with van der Waals surface area (Å²) in [4.78, 5) is 14.6. The van der Waals surface area contributed by atoms with Crippen LogP contribution in [0.2, 0.25) is 0 Å². The molecule has 2 rings (SSSR count). The first-order valence-electron chi connectivity index (χ1n) is 8.13. The van der Waals surface area contributed by atoms with Gasteiger partial charge >= 0.3 is 0 Å². The molecule has 0 aromatic heterocycles. The van der Waals surface area contributed by atoms with Crippen molar-refractivity contribution in [3.8, 4) is 0 Å². The van der Waals surface area contributed by atoms with Gasteiger partial charge in [0.25, 0.3) is 5.91 Å². The molecule has 1 saturated heterocycles. The van der Waals surface area contributed by atoms with Crippen LogP contribution in [0.3, 0.4) is 0 Å². The average molecular weight is 288 g/mol. The summed E-state index contributed by atoms with van der Waals surface area (Å²) in [5.74, 6) is 0.930. The van der Waals surface area contributed by atoms with E-state index in [1.807, 2.05) is 26.0 Å². The van der Waals surface area contributed by atoms with E-state index in [4.69, 9.17) is 0 Å². The Hall–Kier alpha value is -1.35. The summed E-state index contributed by atoms with van der Waals surface area (Å²) >= 11 is 0. The number of aryl methyl sites for hydroxylation is 2. The first-order chi connectivity index (χ1) is 10.0. The molecule has 1 N–H and O–H groups in total. The highest BCUT2D eigenvalue weighted by Crippen LogP contribution is 2.15. The van der Waals surface area contributed by atoms with E-state index in [9.17, 15) is 4.79 Å². The number of piperidine rings is 1. The number of benzene rings is 1. The number of nitrogens with zero attached hydrogens (tertiary/aromatic N) is 1.